The summed E-state index contributed by atoms with van der Waals surface area (Å²) in [5.74, 6) is 2.29. The van der Waals surface area contributed by atoms with Gasteiger partial charge in [0.1, 0.15) is 0 Å². The fourth-order valence-electron chi connectivity index (χ4n) is 6.50. The minimum Gasteiger partial charge on any atom is -0.477 e. The van der Waals surface area contributed by atoms with Crippen LogP contribution in [0.15, 0.2) is 36.5 Å². The van der Waals surface area contributed by atoms with E-state index < -0.39 is 0 Å². The molecule has 3 aromatic heterocycles. The van der Waals surface area contributed by atoms with E-state index in [0.717, 1.165) is 92.7 Å². The molecule has 4 aromatic rings. The molecule has 2 bridgehead atoms. The van der Waals surface area contributed by atoms with Crippen LogP contribution < -0.4 is 15.4 Å². The second-order valence-corrected chi connectivity index (χ2v) is 12.5. The second kappa shape index (κ2) is 12.6. The molecule has 1 saturated heterocycles. The van der Waals surface area contributed by atoms with E-state index in [9.17, 15) is 4.79 Å². The van der Waals surface area contributed by atoms with Crippen molar-refractivity contribution in [2.24, 2.45) is 18.9 Å². The van der Waals surface area contributed by atoms with Gasteiger partial charge in [-0.3, -0.25) is 20.0 Å². The van der Waals surface area contributed by atoms with Crippen molar-refractivity contribution in [3.8, 4) is 17.1 Å². The number of benzene rings is 1. The molecule has 232 valence electrons. The quantitative estimate of drug-likeness (QED) is 0.328. The van der Waals surface area contributed by atoms with Crippen LogP contribution in [0.3, 0.4) is 0 Å². The van der Waals surface area contributed by atoms with Gasteiger partial charge in [-0.2, -0.15) is 5.10 Å². The maximum absolute atomic E-state index is 13.8. The van der Waals surface area contributed by atoms with Crippen LogP contribution in [0.5, 0.6) is 5.88 Å². The van der Waals surface area contributed by atoms with Crippen molar-refractivity contribution in [1.82, 2.24) is 29.2 Å². The number of nitrogens with zero attached hydrogens (tertiary/aromatic N) is 6. The number of anilines is 2. The molecule has 44 heavy (non-hydrogen) atoms. The largest absolute Gasteiger partial charge is 0.477 e. The molecule has 1 saturated carbocycles. The van der Waals surface area contributed by atoms with Gasteiger partial charge in [-0.15, -0.1) is 0 Å². The first-order valence-corrected chi connectivity index (χ1v) is 16.0. The Morgan fingerprint density at radius 1 is 1.05 bits per heavy atom. The Hall–Kier alpha value is -3.96. The summed E-state index contributed by atoms with van der Waals surface area (Å²) in [5, 5.41) is 11.2. The number of imidazole rings is 1. The number of aromatic nitrogens is 5. The number of ether oxygens (including phenoxy) is 2. The van der Waals surface area contributed by atoms with Crippen LogP contribution in [0.2, 0.25) is 0 Å². The van der Waals surface area contributed by atoms with Crippen molar-refractivity contribution < 1.29 is 14.3 Å². The van der Waals surface area contributed by atoms with Gasteiger partial charge in [0.15, 0.2) is 0 Å². The van der Waals surface area contributed by atoms with E-state index in [1.54, 1.807) is 10.9 Å². The zero-order valence-electron chi connectivity index (χ0n) is 25.7. The predicted octanol–water partition coefficient (Wildman–Crippen LogP) is 4.73. The first-order valence-electron chi connectivity index (χ1n) is 16.0. The molecule has 7 rings (SSSR count). The first kappa shape index (κ1) is 28.8. The summed E-state index contributed by atoms with van der Waals surface area (Å²) in [6.07, 6.45) is 7.51. The van der Waals surface area contributed by atoms with Crippen molar-refractivity contribution in [2.75, 3.05) is 56.6 Å². The zero-order chi connectivity index (χ0) is 30.0. The molecule has 1 atom stereocenters. The number of amides is 1. The van der Waals surface area contributed by atoms with E-state index in [-0.39, 0.29) is 5.91 Å². The molecule has 2 aliphatic heterocycles. The second-order valence-electron chi connectivity index (χ2n) is 12.5. The molecule has 0 unspecified atom stereocenters. The van der Waals surface area contributed by atoms with Gasteiger partial charge in [0.25, 0.3) is 5.91 Å². The number of rotatable bonds is 6. The first-order chi connectivity index (χ1) is 21.5. The zero-order valence-corrected chi connectivity index (χ0v) is 25.7. The highest BCUT2D eigenvalue weighted by Gasteiger charge is 2.27. The van der Waals surface area contributed by atoms with E-state index >= 15 is 0 Å². The third-order valence-corrected chi connectivity index (χ3v) is 9.01. The molecule has 11 nitrogen and oxygen atoms in total. The van der Waals surface area contributed by atoms with Crippen LogP contribution in [0.4, 0.5) is 11.6 Å². The lowest BCUT2D eigenvalue weighted by Gasteiger charge is -2.26. The number of pyridine rings is 1. The number of hydrogen-bond donors (Lipinski definition) is 2. The minimum atomic E-state index is -0.211. The van der Waals surface area contributed by atoms with Gasteiger partial charge in [0.05, 0.1) is 48.3 Å². The monoisotopic (exact) mass is 598 g/mol. The SMILES string of the molecule is Cc1cc2cc(n1)-c1cnn(C)c1OCCC[C@@H](CC1CC1)Cn1c(nc3cc(NCCN4CCOCC4)ccc31)NC2=O. The Bertz CT molecular complexity index is 1640. The van der Waals surface area contributed by atoms with Crippen molar-refractivity contribution in [1.29, 1.82) is 0 Å². The number of carbonyl (C=O) groups is 1. The van der Waals surface area contributed by atoms with Gasteiger partial charge in [-0.1, -0.05) is 12.8 Å². The van der Waals surface area contributed by atoms with Crippen molar-refractivity contribution in [3.05, 3.63) is 47.8 Å². The molecule has 2 fully saturated rings. The molecule has 0 spiro atoms. The number of fused-ring (bicyclic) bond motifs is 7. The molecule has 2 N–H and O–H groups in total. The third-order valence-electron chi connectivity index (χ3n) is 9.01. The Kier molecular flexibility index (Phi) is 8.22. The van der Waals surface area contributed by atoms with Gasteiger partial charge in [0.2, 0.25) is 11.8 Å². The van der Waals surface area contributed by atoms with Gasteiger partial charge in [0, 0.05) is 56.7 Å². The average molecular weight is 599 g/mol. The lowest BCUT2D eigenvalue weighted by molar-refractivity contribution is 0.0398. The molecule has 3 aliphatic rings. The molecule has 1 aromatic carbocycles. The summed E-state index contributed by atoms with van der Waals surface area (Å²) in [5.41, 5.74) is 5.66. The molecular weight excluding hydrogens is 556 g/mol. The van der Waals surface area contributed by atoms with E-state index in [1.807, 2.05) is 26.1 Å². The average Bonchev–Trinajstić information content (AvgIpc) is 3.68. The maximum atomic E-state index is 13.8. The van der Waals surface area contributed by atoms with Crippen LogP contribution in [0, 0.1) is 18.8 Å². The highest BCUT2D eigenvalue weighted by atomic mass is 16.5. The summed E-state index contributed by atoms with van der Waals surface area (Å²) in [7, 11) is 1.88. The summed E-state index contributed by atoms with van der Waals surface area (Å²) in [6, 6.07) is 9.99. The summed E-state index contributed by atoms with van der Waals surface area (Å²) < 4.78 is 15.7. The maximum Gasteiger partial charge on any atom is 0.258 e. The highest BCUT2D eigenvalue weighted by Crippen LogP contribution is 2.38. The van der Waals surface area contributed by atoms with E-state index in [4.69, 9.17) is 19.4 Å². The van der Waals surface area contributed by atoms with Crippen LogP contribution in [0.25, 0.3) is 22.3 Å². The Morgan fingerprint density at radius 2 is 1.91 bits per heavy atom. The van der Waals surface area contributed by atoms with E-state index in [2.05, 4.69) is 43.4 Å². The van der Waals surface area contributed by atoms with Gasteiger partial charge in [-0.25, -0.2) is 9.67 Å². The fourth-order valence-corrected chi connectivity index (χ4v) is 6.50. The number of morpholine rings is 1. The van der Waals surface area contributed by atoms with Crippen LogP contribution in [0.1, 0.15) is 48.2 Å². The number of hydrogen-bond acceptors (Lipinski definition) is 8. The van der Waals surface area contributed by atoms with E-state index in [0.29, 0.717) is 35.6 Å². The number of aryl methyl sites for hydroxylation is 2. The smallest absolute Gasteiger partial charge is 0.258 e. The molecule has 1 aliphatic carbocycles. The number of nitrogens with one attached hydrogen (secondary N) is 2. The number of carbonyl (C=O) groups excluding carboxylic acids is 1. The van der Waals surface area contributed by atoms with E-state index in [1.165, 1.54) is 19.3 Å². The van der Waals surface area contributed by atoms with Gasteiger partial charge >= 0.3 is 0 Å². The highest BCUT2D eigenvalue weighted by molar-refractivity contribution is 6.05. The van der Waals surface area contributed by atoms with Crippen LogP contribution in [-0.4, -0.2) is 81.1 Å². The molecule has 0 radical (unpaired) electrons. The standard InChI is InChI=1S/C33H42N8O3/c1-22-16-25-18-28(36-22)27-20-35-39(2)32(27)44-13-3-4-24(17-23-5-6-23)21-41-30-8-7-26(19-29(30)37-33(41)38-31(25)42)34-9-10-40-11-14-43-15-12-40/h7-8,16,18-20,23-24,34H,3-6,9-15,17,21H2,1-2H3,(H,37,38,42)/t24-/m0/s1. The van der Waals surface area contributed by atoms with Gasteiger partial charge < -0.3 is 19.4 Å². The van der Waals surface area contributed by atoms with Crippen LogP contribution in [-0.2, 0) is 18.3 Å². The Balaban J connectivity index is 1.21. The molecular formula is C33H42N8O3. The summed E-state index contributed by atoms with van der Waals surface area (Å²) >= 11 is 0. The van der Waals surface area contributed by atoms with Crippen molar-refractivity contribution in [3.63, 3.8) is 0 Å². The topological polar surface area (TPSA) is 111 Å². The predicted molar refractivity (Wildman–Crippen MR) is 170 cm³/mol. The molecule has 5 heterocycles. The summed E-state index contributed by atoms with van der Waals surface area (Å²) in [4.78, 5) is 25.9. The fraction of sp³-hybridized carbons (Fsp3) is 0.515. The third kappa shape index (κ3) is 6.44. The normalized spacial score (nSPS) is 19.8. The van der Waals surface area contributed by atoms with Gasteiger partial charge in [-0.05, 0) is 68.4 Å². The summed E-state index contributed by atoms with van der Waals surface area (Å²) in [6.45, 7) is 8.67. The molecule has 1 amide bonds. The van der Waals surface area contributed by atoms with Crippen molar-refractivity contribution >= 4 is 28.6 Å². The van der Waals surface area contributed by atoms with Crippen molar-refractivity contribution in [2.45, 2.75) is 45.6 Å². The Morgan fingerprint density at radius 3 is 2.75 bits per heavy atom. The lowest BCUT2D eigenvalue weighted by Crippen LogP contribution is -2.38. The molecule has 11 heteroatoms. The lowest BCUT2D eigenvalue weighted by atomic mass is 9.96. The minimum absolute atomic E-state index is 0.211. The van der Waals surface area contributed by atoms with Crippen LogP contribution >= 0.6 is 0 Å². The Labute approximate surface area is 257 Å².